The average molecular weight is 355 g/mol. The number of methoxy groups -OCH3 is 2. The van der Waals surface area contributed by atoms with Crippen LogP contribution in [0.2, 0.25) is 0 Å². The van der Waals surface area contributed by atoms with Gasteiger partial charge in [-0.25, -0.2) is 9.78 Å². The zero-order valence-corrected chi connectivity index (χ0v) is 13.6. The molecule has 1 aromatic carbocycles. The molecule has 0 saturated heterocycles. The first-order chi connectivity index (χ1) is 11.9. The molecule has 0 amide bonds. The van der Waals surface area contributed by atoms with Crippen LogP contribution in [-0.4, -0.2) is 38.4 Å². The number of pyridine rings is 1. The molecule has 0 aliphatic heterocycles. The molecular formula is C17H16F3NO4. The standard InChI is InChI=1S/C17H16F3NO4/c1-23-9-10-25-15-12(7-8-14(21-15)17(18,19)20)11-5-3-4-6-13(11)16(22)24-2/h3-8H,9-10H2,1-2H3. The third-order valence-electron chi connectivity index (χ3n) is 3.30. The van der Waals surface area contributed by atoms with E-state index < -0.39 is 17.8 Å². The lowest BCUT2D eigenvalue weighted by atomic mass is 10.0. The Morgan fingerprint density at radius 2 is 1.76 bits per heavy atom. The number of nitrogens with zero attached hydrogens (tertiary/aromatic N) is 1. The molecule has 0 aliphatic rings. The van der Waals surface area contributed by atoms with Crippen LogP contribution < -0.4 is 4.74 Å². The minimum atomic E-state index is -4.61. The Bertz CT molecular complexity index is 747. The number of aromatic nitrogens is 1. The molecule has 0 radical (unpaired) electrons. The number of halogens is 3. The van der Waals surface area contributed by atoms with E-state index in [-0.39, 0.29) is 30.2 Å². The largest absolute Gasteiger partial charge is 0.475 e. The van der Waals surface area contributed by atoms with Crippen molar-refractivity contribution >= 4 is 5.97 Å². The van der Waals surface area contributed by atoms with E-state index in [1.54, 1.807) is 18.2 Å². The van der Waals surface area contributed by atoms with Crippen LogP contribution in [-0.2, 0) is 15.7 Å². The molecule has 2 aromatic rings. The van der Waals surface area contributed by atoms with Crippen molar-refractivity contribution in [2.45, 2.75) is 6.18 Å². The maximum absolute atomic E-state index is 12.9. The van der Waals surface area contributed by atoms with Gasteiger partial charge >= 0.3 is 12.1 Å². The van der Waals surface area contributed by atoms with Crippen LogP contribution in [0.4, 0.5) is 13.2 Å². The van der Waals surface area contributed by atoms with Crippen LogP contribution in [0.3, 0.4) is 0 Å². The fraction of sp³-hybridized carbons (Fsp3) is 0.294. The molecule has 0 unspecified atom stereocenters. The molecule has 0 saturated carbocycles. The lowest BCUT2D eigenvalue weighted by Crippen LogP contribution is -2.12. The number of rotatable bonds is 6. The van der Waals surface area contributed by atoms with Crippen LogP contribution in [0.1, 0.15) is 16.1 Å². The summed E-state index contributed by atoms with van der Waals surface area (Å²) in [5, 5.41) is 0. The fourth-order valence-corrected chi connectivity index (χ4v) is 2.14. The van der Waals surface area contributed by atoms with Crippen molar-refractivity contribution in [1.82, 2.24) is 4.98 Å². The molecule has 1 aromatic heterocycles. The molecule has 25 heavy (non-hydrogen) atoms. The first-order valence-corrected chi connectivity index (χ1v) is 7.26. The number of hydrogen-bond acceptors (Lipinski definition) is 5. The van der Waals surface area contributed by atoms with Crippen molar-refractivity contribution < 1.29 is 32.2 Å². The Hall–Kier alpha value is -2.61. The summed E-state index contributed by atoms with van der Waals surface area (Å²) < 4.78 is 53.7. The topological polar surface area (TPSA) is 57.7 Å². The zero-order chi connectivity index (χ0) is 18.4. The predicted molar refractivity (Wildman–Crippen MR) is 83.4 cm³/mol. The Balaban J connectivity index is 2.55. The highest BCUT2D eigenvalue weighted by molar-refractivity contribution is 5.97. The predicted octanol–water partition coefficient (Wildman–Crippen LogP) is 3.58. The summed E-state index contributed by atoms with van der Waals surface area (Å²) >= 11 is 0. The summed E-state index contributed by atoms with van der Waals surface area (Å²) in [5.74, 6) is -0.846. The lowest BCUT2D eigenvalue weighted by Gasteiger charge is -2.15. The molecule has 1 heterocycles. The molecule has 0 spiro atoms. The van der Waals surface area contributed by atoms with Gasteiger partial charge in [-0.3, -0.25) is 0 Å². The van der Waals surface area contributed by atoms with Crippen molar-refractivity contribution in [3.05, 3.63) is 47.7 Å². The Kier molecular flexibility index (Phi) is 5.97. The zero-order valence-electron chi connectivity index (χ0n) is 13.6. The molecule has 0 bridgehead atoms. The van der Waals surface area contributed by atoms with Crippen molar-refractivity contribution in [1.29, 1.82) is 0 Å². The highest BCUT2D eigenvalue weighted by Gasteiger charge is 2.33. The molecule has 134 valence electrons. The van der Waals surface area contributed by atoms with E-state index in [1.165, 1.54) is 26.4 Å². The van der Waals surface area contributed by atoms with Crippen LogP contribution in [0.5, 0.6) is 5.88 Å². The van der Waals surface area contributed by atoms with Gasteiger partial charge in [0, 0.05) is 18.2 Å². The summed E-state index contributed by atoms with van der Waals surface area (Å²) in [6, 6.07) is 8.43. The Morgan fingerprint density at radius 3 is 2.40 bits per heavy atom. The van der Waals surface area contributed by atoms with Gasteiger partial charge in [-0.1, -0.05) is 18.2 Å². The fourth-order valence-electron chi connectivity index (χ4n) is 2.14. The third kappa shape index (κ3) is 4.48. The molecule has 0 N–H and O–H groups in total. The normalized spacial score (nSPS) is 11.2. The van der Waals surface area contributed by atoms with Gasteiger partial charge in [0.05, 0.1) is 19.3 Å². The lowest BCUT2D eigenvalue weighted by molar-refractivity contribution is -0.141. The van der Waals surface area contributed by atoms with E-state index in [4.69, 9.17) is 14.2 Å². The quantitative estimate of drug-likeness (QED) is 0.586. The number of ether oxygens (including phenoxy) is 3. The summed E-state index contributed by atoms with van der Waals surface area (Å²) in [5.41, 5.74) is -0.268. The monoisotopic (exact) mass is 355 g/mol. The van der Waals surface area contributed by atoms with Crippen LogP contribution in [0.25, 0.3) is 11.1 Å². The van der Waals surface area contributed by atoms with Crippen molar-refractivity contribution in [2.24, 2.45) is 0 Å². The van der Waals surface area contributed by atoms with Gasteiger partial charge in [0.15, 0.2) is 0 Å². The maximum atomic E-state index is 12.9. The van der Waals surface area contributed by atoms with Crippen LogP contribution in [0, 0.1) is 0 Å². The third-order valence-corrected chi connectivity index (χ3v) is 3.30. The van der Waals surface area contributed by atoms with E-state index in [1.807, 2.05) is 0 Å². The van der Waals surface area contributed by atoms with E-state index in [9.17, 15) is 18.0 Å². The summed E-state index contributed by atoms with van der Waals surface area (Å²) in [4.78, 5) is 15.5. The molecule has 8 heteroatoms. The van der Waals surface area contributed by atoms with Gasteiger partial charge in [-0.2, -0.15) is 13.2 Å². The average Bonchev–Trinajstić information content (AvgIpc) is 2.60. The second kappa shape index (κ2) is 7.98. The van der Waals surface area contributed by atoms with Crippen molar-refractivity contribution in [2.75, 3.05) is 27.4 Å². The van der Waals surface area contributed by atoms with Gasteiger partial charge < -0.3 is 14.2 Å². The highest BCUT2D eigenvalue weighted by Crippen LogP contribution is 2.35. The van der Waals surface area contributed by atoms with Gasteiger partial charge in [-0.15, -0.1) is 0 Å². The summed E-state index contributed by atoms with van der Waals surface area (Å²) in [7, 11) is 2.66. The minimum absolute atomic E-state index is 0.0121. The second-order valence-electron chi connectivity index (χ2n) is 4.93. The van der Waals surface area contributed by atoms with E-state index >= 15 is 0 Å². The maximum Gasteiger partial charge on any atom is 0.433 e. The Morgan fingerprint density at radius 1 is 1.04 bits per heavy atom. The number of carbonyl (C=O) groups is 1. The first kappa shape index (κ1) is 18.7. The number of esters is 1. The summed E-state index contributed by atoms with van der Waals surface area (Å²) in [6.07, 6.45) is -4.61. The highest BCUT2D eigenvalue weighted by atomic mass is 19.4. The molecule has 0 aliphatic carbocycles. The minimum Gasteiger partial charge on any atom is -0.475 e. The molecule has 0 atom stereocenters. The van der Waals surface area contributed by atoms with E-state index in [2.05, 4.69) is 4.98 Å². The van der Waals surface area contributed by atoms with Gasteiger partial charge in [0.1, 0.15) is 12.3 Å². The van der Waals surface area contributed by atoms with Gasteiger partial charge in [0.2, 0.25) is 5.88 Å². The number of alkyl halides is 3. The van der Waals surface area contributed by atoms with Crippen molar-refractivity contribution in [3.8, 4) is 17.0 Å². The van der Waals surface area contributed by atoms with Crippen LogP contribution in [0.15, 0.2) is 36.4 Å². The molecular weight excluding hydrogens is 339 g/mol. The first-order valence-electron chi connectivity index (χ1n) is 7.26. The number of hydrogen-bond donors (Lipinski definition) is 0. The Labute approximate surface area is 142 Å². The van der Waals surface area contributed by atoms with Gasteiger partial charge in [0.25, 0.3) is 0 Å². The van der Waals surface area contributed by atoms with Crippen molar-refractivity contribution in [3.63, 3.8) is 0 Å². The molecule has 0 fully saturated rings. The van der Waals surface area contributed by atoms with Crippen LogP contribution >= 0.6 is 0 Å². The molecule has 2 rings (SSSR count). The van der Waals surface area contributed by atoms with E-state index in [0.29, 0.717) is 5.56 Å². The van der Waals surface area contributed by atoms with E-state index in [0.717, 1.165) is 6.07 Å². The number of carbonyl (C=O) groups excluding carboxylic acids is 1. The SMILES string of the molecule is COCCOc1nc(C(F)(F)F)ccc1-c1ccccc1C(=O)OC. The second-order valence-corrected chi connectivity index (χ2v) is 4.93. The summed E-state index contributed by atoms with van der Waals surface area (Å²) in [6.45, 7) is 0.189. The smallest absolute Gasteiger partial charge is 0.433 e. The van der Waals surface area contributed by atoms with Gasteiger partial charge in [-0.05, 0) is 18.2 Å². The number of benzene rings is 1. The molecule has 5 nitrogen and oxygen atoms in total.